The molecule has 38 heavy (non-hydrogen) atoms. The molecule has 0 radical (unpaired) electrons. The van der Waals surface area contributed by atoms with Gasteiger partial charge in [0.25, 0.3) is 0 Å². The van der Waals surface area contributed by atoms with Crippen molar-refractivity contribution in [2.24, 2.45) is 11.8 Å². The highest BCUT2D eigenvalue weighted by atomic mass is 35.5. The zero-order chi connectivity index (χ0) is 25.6. The third-order valence-electron chi connectivity index (χ3n) is 8.17. The van der Waals surface area contributed by atoms with Gasteiger partial charge in [-0.05, 0) is 86.5 Å². The van der Waals surface area contributed by atoms with Crippen LogP contribution in [0.2, 0.25) is 10.0 Å². The predicted octanol–water partition coefficient (Wildman–Crippen LogP) is 7.89. The summed E-state index contributed by atoms with van der Waals surface area (Å²) in [7, 11) is 0. The molecule has 5 rings (SSSR count). The number of hydrogen-bond donors (Lipinski definition) is 0. The van der Waals surface area contributed by atoms with Gasteiger partial charge in [0.05, 0.1) is 10.0 Å². The minimum absolute atomic E-state index is 0. The van der Waals surface area contributed by atoms with Crippen molar-refractivity contribution in [3.05, 3.63) is 106 Å². The Kier molecular flexibility index (Phi) is 10.6. The van der Waals surface area contributed by atoms with Crippen molar-refractivity contribution in [1.29, 1.82) is 0 Å². The van der Waals surface area contributed by atoms with Gasteiger partial charge in [-0.25, -0.2) is 0 Å². The average molecular weight is 572 g/mol. The predicted molar refractivity (Wildman–Crippen MR) is 160 cm³/mol. The number of hydrogen-bond acceptors (Lipinski definition) is 2. The fourth-order valence-electron chi connectivity index (χ4n) is 6.03. The first-order valence-corrected chi connectivity index (χ1v) is 14.3. The van der Waals surface area contributed by atoms with E-state index in [1.54, 1.807) is 0 Å². The minimum Gasteiger partial charge on any atom is -0.338 e. The Morgan fingerprint density at radius 2 is 1.47 bits per heavy atom. The minimum atomic E-state index is 0. The average Bonchev–Trinajstić information content (AvgIpc) is 2.93. The Bertz CT molecular complexity index is 1170. The summed E-state index contributed by atoms with van der Waals surface area (Å²) in [6.45, 7) is 4.61. The van der Waals surface area contributed by atoms with Crippen LogP contribution in [0.25, 0.3) is 0 Å². The van der Waals surface area contributed by atoms with E-state index >= 15 is 0 Å². The Balaban J connectivity index is 0.00000336. The Morgan fingerprint density at radius 3 is 2.13 bits per heavy atom. The summed E-state index contributed by atoms with van der Waals surface area (Å²) in [6.07, 6.45) is 5.42. The second-order valence-corrected chi connectivity index (χ2v) is 11.6. The number of likely N-dealkylation sites (tertiary alicyclic amines) is 2. The lowest BCUT2D eigenvalue weighted by Gasteiger charge is -2.39. The van der Waals surface area contributed by atoms with Crippen molar-refractivity contribution < 1.29 is 4.79 Å². The smallest absolute Gasteiger partial charge is 0.226 e. The second-order valence-electron chi connectivity index (χ2n) is 10.8. The van der Waals surface area contributed by atoms with Crippen molar-refractivity contribution in [2.45, 2.75) is 44.6 Å². The fraction of sp³-hybridized carbons (Fsp3) is 0.406. The zero-order valence-corrected chi connectivity index (χ0v) is 24.1. The molecule has 3 nitrogen and oxygen atoms in total. The van der Waals surface area contributed by atoms with Crippen LogP contribution in [-0.2, 0) is 17.8 Å². The molecule has 0 bridgehead atoms. The highest BCUT2D eigenvalue weighted by Crippen LogP contribution is 2.36. The highest BCUT2D eigenvalue weighted by molar-refractivity contribution is 6.42. The third-order valence-corrected chi connectivity index (χ3v) is 8.91. The molecule has 2 heterocycles. The zero-order valence-electron chi connectivity index (χ0n) is 21.8. The summed E-state index contributed by atoms with van der Waals surface area (Å²) in [4.78, 5) is 18.2. The van der Waals surface area contributed by atoms with Crippen LogP contribution in [0.4, 0.5) is 0 Å². The summed E-state index contributed by atoms with van der Waals surface area (Å²) in [5, 5.41) is 1.16. The number of halogens is 3. The maximum atomic E-state index is 13.6. The summed E-state index contributed by atoms with van der Waals surface area (Å²) >= 11 is 12.6. The summed E-state index contributed by atoms with van der Waals surface area (Å²) in [5.74, 6) is 1.34. The molecule has 3 aromatic carbocycles. The molecule has 0 N–H and O–H groups in total. The molecule has 2 unspecified atom stereocenters. The monoisotopic (exact) mass is 570 g/mol. The summed E-state index contributed by atoms with van der Waals surface area (Å²) < 4.78 is 0. The Labute approximate surface area is 243 Å². The number of piperidine rings is 2. The molecule has 0 aliphatic carbocycles. The molecule has 0 saturated carbocycles. The lowest BCUT2D eigenvalue weighted by molar-refractivity contribution is -0.140. The number of amides is 1. The van der Waals surface area contributed by atoms with Gasteiger partial charge in [0.1, 0.15) is 0 Å². The topological polar surface area (TPSA) is 23.6 Å². The second kappa shape index (κ2) is 13.8. The largest absolute Gasteiger partial charge is 0.338 e. The molecule has 3 aromatic rings. The maximum Gasteiger partial charge on any atom is 0.226 e. The maximum absolute atomic E-state index is 13.6. The van der Waals surface area contributed by atoms with E-state index in [9.17, 15) is 4.79 Å². The molecule has 2 aliphatic rings. The fourth-order valence-corrected chi connectivity index (χ4v) is 6.33. The van der Waals surface area contributed by atoms with Gasteiger partial charge in [0.2, 0.25) is 5.91 Å². The van der Waals surface area contributed by atoms with Crippen LogP contribution in [-0.4, -0.2) is 41.9 Å². The van der Waals surface area contributed by atoms with Gasteiger partial charge in [-0.15, -0.1) is 12.4 Å². The van der Waals surface area contributed by atoms with E-state index in [-0.39, 0.29) is 24.2 Å². The molecular formula is C32H37Cl3N2O. The van der Waals surface area contributed by atoms with Crippen molar-refractivity contribution in [1.82, 2.24) is 9.80 Å². The van der Waals surface area contributed by atoms with Gasteiger partial charge in [0.15, 0.2) is 0 Å². The lowest BCUT2D eigenvalue weighted by atomic mass is 9.82. The number of rotatable bonds is 8. The van der Waals surface area contributed by atoms with Gasteiger partial charge >= 0.3 is 0 Å². The first-order valence-electron chi connectivity index (χ1n) is 13.6. The first kappa shape index (κ1) is 29.0. The SMILES string of the molecule is Cl.O=C1C(CCN2CCC(Cc3ccccc3)CC2)CC(c2ccc(Cl)c(Cl)c2)CN1Cc1ccccc1. The molecule has 2 aliphatic heterocycles. The van der Waals surface area contributed by atoms with Crippen molar-refractivity contribution >= 4 is 41.5 Å². The van der Waals surface area contributed by atoms with E-state index in [0.717, 1.165) is 38.4 Å². The van der Waals surface area contributed by atoms with Crippen LogP contribution >= 0.6 is 35.6 Å². The van der Waals surface area contributed by atoms with Crippen molar-refractivity contribution in [3.8, 4) is 0 Å². The van der Waals surface area contributed by atoms with Crippen LogP contribution in [0.5, 0.6) is 0 Å². The third kappa shape index (κ3) is 7.54. The van der Waals surface area contributed by atoms with Gasteiger partial charge in [-0.1, -0.05) is 89.9 Å². The van der Waals surface area contributed by atoms with E-state index in [0.29, 0.717) is 29.0 Å². The van der Waals surface area contributed by atoms with E-state index in [1.807, 2.05) is 30.3 Å². The quantitative estimate of drug-likeness (QED) is 0.274. The Morgan fingerprint density at radius 1 is 0.816 bits per heavy atom. The normalized spacial score (nSPS) is 20.8. The van der Waals surface area contributed by atoms with Crippen LogP contribution in [0.15, 0.2) is 78.9 Å². The summed E-state index contributed by atoms with van der Waals surface area (Å²) in [6, 6.07) is 27.1. The number of carbonyl (C=O) groups is 1. The van der Waals surface area contributed by atoms with Crippen LogP contribution < -0.4 is 0 Å². The highest BCUT2D eigenvalue weighted by Gasteiger charge is 2.35. The van der Waals surface area contributed by atoms with Gasteiger partial charge in [-0.3, -0.25) is 4.79 Å². The molecule has 2 fully saturated rings. The van der Waals surface area contributed by atoms with Crippen molar-refractivity contribution in [2.75, 3.05) is 26.2 Å². The lowest BCUT2D eigenvalue weighted by Crippen LogP contribution is -2.45. The molecule has 1 amide bonds. The van der Waals surface area contributed by atoms with Crippen LogP contribution in [0.3, 0.4) is 0 Å². The number of nitrogens with zero attached hydrogens (tertiary/aromatic N) is 2. The number of benzene rings is 3. The molecule has 202 valence electrons. The molecule has 2 atom stereocenters. The van der Waals surface area contributed by atoms with E-state index in [1.165, 1.54) is 36.0 Å². The van der Waals surface area contributed by atoms with Crippen molar-refractivity contribution in [3.63, 3.8) is 0 Å². The molecule has 0 aromatic heterocycles. The van der Waals surface area contributed by atoms with Gasteiger partial charge in [0, 0.05) is 24.9 Å². The molecular weight excluding hydrogens is 535 g/mol. The van der Waals surface area contributed by atoms with Crippen LogP contribution in [0.1, 0.15) is 48.3 Å². The first-order chi connectivity index (χ1) is 18.0. The number of carbonyl (C=O) groups excluding carboxylic acids is 1. The van der Waals surface area contributed by atoms with E-state index in [4.69, 9.17) is 23.2 Å². The Hall–Kier alpha value is -2.04. The van der Waals surface area contributed by atoms with Gasteiger partial charge < -0.3 is 9.80 Å². The summed E-state index contributed by atoms with van der Waals surface area (Å²) in [5.41, 5.74) is 3.79. The molecule has 0 spiro atoms. The van der Waals surface area contributed by atoms with Crippen LogP contribution in [0, 0.1) is 11.8 Å². The van der Waals surface area contributed by atoms with E-state index < -0.39 is 0 Å². The standard InChI is InChI=1S/C32H36Cl2N2O.ClH/c33-30-12-11-27(21-31(30)34)29-20-28(32(37)36(23-29)22-26-9-5-2-6-10-26)15-18-35-16-13-25(14-17-35)19-24-7-3-1-4-8-24;/h1-12,21,25,28-29H,13-20,22-23H2;1H. The molecule has 6 heteroatoms. The van der Waals surface area contributed by atoms with E-state index in [2.05, 4.69) is 58.3 Å². The molecule has 2 saturated heterocycles. The van der Waals surface area contributed by atoms with Gasteiger partial charge in [-0.2, -0.15) is 0 Å².